The Bertz CT molecular complexity index is 613. The van der Waals surface area contributed by atoms with Gasteiger partial charge in [-0.2, -0.15) is 0 Å². The van der Waals surface area contributed by atoms with Crippen molar-refractivity contribution < 1.29 is 4.79 Å². The summed E-state index contributed by atoms with van der Waals surface area (Å²) in [5.41, 5.74) is 3.00. The number of anilines is 1. The lowest BCUT2D eigenvalue weighted by molar-refractivity contribution is 0.220. The molecular weight excluding hydrogens is 272 g/mol. The molecule has 0 saturated heterocycles. The van der Waals surface area contributed by atoms with Gasteiger partial charge in [-0.3, -0.25) is 0 Å². The Morgan fingerprint density at radius 3 is 2.65 bits per heavy atom. The van der Waals surface area contributed by atoms with Gasteiger partial charge >= 0.3 is 6.03 Å². The van der Waals surface area contributed by atoms with E-state index in [0.717, 1.165) is 5.56 Å². The van der Waals surface area contributed by atoms with E-state index in [-0.39, 0.29) is 6.03 Å². The molecule has 3 nitrogen and oxygen atoms in total. The van der Waals surface area contributed by atoms with E-state index in [2.05, 4.69) is 5.32 Å². The molecule has 0 aliphatic rings. The zero-order valence-electron chi connectivity index (χ0n) is 11.6. The maximum absolute atomic E-state index is 12.1. The summed E-state index contributed by atoms with van der Waals surface area (Å²) in [6, 6.07) is 15.0. The number of nitrogens with one attached hydrogen (secondary N) is 1. The van der Waals surface area contributed by atoms with Gasteiger partial charge in [0.05, 0.1) is 0 Å². The highest BCUT2D eigenvalue weighted by molar-refractivity contribution is 6.30. The third-order valence-corrected chi connectivity index (χ3v) is 3.33. The van der Waals surface area contributed by atoms with Crippen LogP contribution in [0.5, 0.6) is 0 Å². The molecule has 0 aliphatic carbocycles. The van der Waals surface area contributed by atoms with E-state index >= 15 is 0 Å². The molecule has 0 atom stereocenters. The number of rotatable bonds is 3. The number of carbonyl (C=O) groups is 1. The summed E-state index contributed by atoms with van der Waals surface area (Å²) in [4.78, 5) is 13.8. The van der Waals surface area contributed by atoms with Crippen molar-refractivity contribution >= 4 is 23.3 Å². The van der Waals surface area contributed by atoms with Crippen molar-refractivity contribution in [2.75, 3.05) is 12.4 Å². The fraction of sp³-hybridized carbons (Fsp3) is 0.188. The zero-order valence-corrected chi connectivity index (χ0v) is 12.3. The molecule has 0 saturated carbocycles. The first-order chi connectivity index (χ1) is 9.56. The molecule has 104 valence electrons. The Labute approximate surface area is 124 Å². The molecule has 0 fully saturated rings. The summed E-state index contributed by atoms with van der Waals surface area (Å²) in [6.45, 7) is 2.61. The lowest BCUT2D eigenvalue weighted by Gasteiger charge is -2.19. The highest BCUT2D eigenvalue weighted by atomic mass is 35.5. The molecule has 2 aromatic carbocycles. The molecule has 2 amide bonds. The Kier molecular flexibility index (Phi) is 4.64. The number of hydrogen-bond donors (Lipinski definition) is 1. The molecule has 0 heterocycles. The highest BCUT2D eigenvalue weighted by Crippen LogP contribution is 2.16. The van der Waals surface area contributed by atoms with Crippen LogP contribution in [0.2, 0.25) is 5.02 Å². The predicted octanol–water partition coefficient (Wildman–Crippen LogP) is 4.31. The summed E-state index contributed by atoms with van der Waals surface area (Å²) in [5, 5.41) is 3.43. The van der Waals surface area contributed by atoms with E-state index in [1.807, 2.05) is 37.3 Å². The van der Waals surface area contributed by atoms with Gasteiger partial charge in [0, 0.05) is 24.3 Å². The fourth-order valence-corrected chi connectivity index (χ4v) is 2.09. The Morgan fingerprint density at radius 1 is 1.20 bits per heavy atom. The third-order valence-electron chi connectivity index (χ3n) is 3.09. The highest BCUT2D eigenvalue weighted by Gasteiger charge is 2.10. The lowest BCUT2D eigenvalue weighted by Crippen LogP contribution is -2.31. The number of carbonyl (C=O) groups excluding carboxylic acids is 1. The van der Waals surface area contributed by atoms with Crippen LogP contribution < -0.4 is 5.32 Å². The Hall–Kier alpha value is -2.00. The molecule has 1 N–H and O–H groups in total. The molecule has 0 unspecified atom stereocenters. The molecule has 0 bridgehead atoms. The molecule has 0 aliphatic heterocycles. The molecule has 0 spiro atoms. The van der Waals surface area contributed by atoms with Crippen LogP contribution in [-0.2, 0) is 6.54 Å². The van der Waals surface area contributed by atoms with Gasteiger partial charge in [-0.25, -0.2) is 4.79 Å². The van der Waals surface area contributed by atoms with Gasteiger partial charge in [-0.05, 0) is 36.2 Å². The second-order valence-electron chi connectivity index (χ2n) is 4.72. The number of hydrogen-bond acceptors (Lipinski definition) is 1. The van der Waals surface area contributed by atoms with Gasteiger partial charge in [0.2, 0.25) is 0 Å². The summed E-state index contributed by atoms with van der Waals surface area (Å²) in [5.74, 6) is 0. The van der Waals surface area contributed by atoms with Gasteiger partial charge in [-0.15, -0.1) is 0 Å². The van der Waals surface area contributed by atoms with Crippen molar-refractivity contribution in [3.8, 4) is 0 Å². The van der Waals surface area contributed by atoms with Crippen molar-refractivity contribution in [1.82, 2.24) is 4.90 Å². The molecule has 4 heteroatoms. The van der Waals surface area contributed by atoms with E-state index in [1.165, 1.54) is 5.56 Å². The van der Waals surface area contributed by atoms with Gasteiger partial charge < -0.3 is 10.2 Å². The van der Waals surface area contributed by atoms with Crippen LogP contribution >= 0.6 is 11.6 Å². The van der Waals surface area contributed by atoms with Crippen LogP contribution in [0.4, 0.5) is 10.5 Å². The van der Waals surface area contributed by atoms with Gasteiger partial charge in [0.25, 0.3) is 0 Å². The fourth-order valence-electron chi connectivity index (χ4n) is 1.90. The molecule has 2 rings (SSSR count). The van der Waals surface area contributed by atoms with E-state index < -0.39 is 0 Å². The van der Waals surface area contributed by atoms with Crippen LogP contribution in [0.25, 0.3) is 0 Å². The molecule has 0 aromatic heterocycles. The summed E-state index contributed by atoms with van der Waals surface area (Å²) in [6.07, 6.45) is 0. The first kappa shape index (κ1) is 14.4. The second-order valence-corrected chi connectivity index (χ2v) is 5.16. The van der Waals surface area contributed by atoms with Gasteiger partial charge in [0.1, 0.15) is 0 Å². The average Bonchev–Trinajstić information content (AvgIpc) is 2.41. The van der Waals surface area contributed by atoms with Crippen molar-refractivity contribution in [2.45, 2.75) is 13.5 Å². The lowest BCUT2D eigenvalue weighted by atomic mass is 10.1. The van der Waals surface area contributed by atoms with Crippen LogP contribution in [0.15, 0.2) is 48.5 Å². The summed E-state index contributed by atoms with van der Waals surface area (Å²) >= 11 is 5.89. The van der Waals surface area contributed by atoms with E-state index in [4.69, 9.17) is 11.6 Å². The van der Waals surface area contributed by atoms with Crippen molar-refractivity contribution in [2.24, 2.45) is 0 Å². The third kappa shape index (κ3) is 3.75. The van der Waals surface area contributed by atoms with Crippen LogP contribution in [0, 0.1) is 6.92 Å². The van der Waals surface area contributed by atoms with Crippen molar-refractivity contribution in [1.29, 1.82) is 0 Å². The normalized spacial score (nSPS) is 10.2. The summed E-state index contributed by atoms with van der Waals surface area (Å²) < 4.78 is 0. The maximum Gasteiger partial charge on any atom is 0.321 e. The SMILES string of the molecule is Cc1ccccc1CN(C)C(=O)Nc1cccc(Cl)c1. The molecule has 0 radical (unpaired) electrons. The van der Waals surface area contributed by atoms with Crippen LogP contribution in [0.3, 0.4) is 0 Å². The monoisotopic (exact) mass is 288 g/mol. The molecular formula is C16H17ClN2O. The standard InChI is InChI=1S/C16H17ClN2O/c1-12-6-3-4-7-13(12)11-19(2)16(20)18-15-9-5-8-14(17)10-15/h3-10H,11H2,1-2H3,(H,18,20). The number of urea groups is 1. The van der Waals surface area contributed by atoms with Crippen molar-refractivity contribution in [3.05, 3.63) is 64.7 Å². The van der Waals surface area contributed by atoms with E-state index in [0.29, 0.717) is 17.3 Å². The predicted molar refractivity (Wildman–Crippen MR) is 83.1 cm³/mol. The Balaban J connectivity index is 2.01. The minimum absolute atomic E-state index is 0.157. The minimum atomic E-state index is -0.157. The quantitative estimate of drug-likeness (QED) is 0.896. The topological polar surface area (TPSA) is 32.3 Å². The maximum atomic E-state index is 12.1. The summed E-state index contributed by atoms with van der Waals surface area (Å²) in [7, 11) is 1.77. The van der Waals surface area contributed by atoms with Crippen molar-refractivity contribution in [3.63, 3.8) is 0 Å². The minimum Gasteiger partial charge on any atom is -0.323 e. The van der Waals surface area contributed by atoms with E-state index in [1.54, 1.807) is 30.1 Å². The molecule has 20 heavy (non-hydrogen) atoms. The first-order valence-electron chi connectivity index (χ1n) is 6.38. The Morgan fingerprint density at radius 2 is 1.95 bits per heavy atom. The zero-order chi connectivity index (χ0) is 14.5. The van der Waals surface area contributed by atoms with Gasteiger partial charge in [-0.1, -0.05) is 41.9 Å². The first-order valence-corrected chi connectivity index (χ1v) is 6.76. The smallest absolute Gasteiger partial charge is 0.321 e. The number of aryl methyl sites for hydroxylation is 1. The average molecular weight is 289 g/mol. The van der Waals surface area contributed by atoms with Crippen LogP contribution in [0.1, 0.15) is 11.1 Å². The van der Waals surface area contributed by atoms with E-state index in [9.17, 15) is 4.79 Å². The second kappa shape index (κ2) is 6.44. The molecule has 2 aromatic rings. The number of halogens is 1. The number of benzene rings is 2. The number of nitrogens with zero attached hydrogens (tertiary/aromatic N) is 1. The largest absolute Gasteiger partial charge is 0.323 e. The number of amides is 2. The van der Waals surface area contributed by atoms with Gasteiger partial charge in [0.15, 0.2) is 0 Å². The van der Waals surface area contributed by atoms with Crippen LogP contribution in [-0.4, -0.2) is 18.0 Å².